The summed E-state index contributed by atoms with van der Waals surface area (Å²) < 4.78 is 22.3. The summed E-state index contributed by atoms with van der Waals surface area (Å²) in [7, 11) is 1.24. The molecule has 2 saturated carbocycles. The number of hydrogen-bond acceptors (Lipinski definition) is 9. The van der Waals surface area contributed by atoms with Crippen molar-refractivity contribution in [3.05, 3.63) is 47.0 Å². The van der Waals surface area contributed by atoms with Crippen molar-refractivity contribution < 1.29 is 42.9 Å². The Kier molecular flexibility index (Phi) is 6.92. The lowest BCUT2D eigenvalue weighted by Gasteiger charge is -2.67. The molecular formula is C32H40O9. The molecule has 41 heavy (non-hydrogen) atoms. The number of ketones is 1. The summed E-state index contributed by atoms with van der Waals surface area (Å²) >= 11 is 0. The topological polar surface area (TPSA) is 129 Å². The highest BCUT2D eigenvalue weighted by Gasteiger charge is 2.75. The lowest BCUT2D eigenvalue weighted by atomic mass is 9.38. The zero-order valence-electron chi connectivity index (χ0n) is 24.9. The number of esters is 3. The largest absolute Gasteiger partial charge is 0.472 e. The highest BCUT2D eigenvalue weighted by atomic mass is 16.6. The zero-order valence-corrected chi connectivity index (χ0v) is 24.9. The normalized spacial score (nSPS) is 38.0. The van der Waals surface area contributed by atoms with Crippen molar-refractivity contribution in [3.8, 4) is 0 Å². The monoisotopic (exact) mass is 568 g/mol. The number of rotatable bonds is 5. The molecule has 0 radical (unpaired) electrons. The fourth-order valence-electron chi connectivity index (χ4n) is 8.44. The lowest BCUT2D eigenvalue weighted by Crippen LogP contribution is -2.76. The van der Waals surface area contributed by atoms with Crippen LogP contribution in [0, 0.1) is 28.1 Å². The second-order valence-corrected chi connectivity index (χ2v) is 13.1. The highest BCUT2D eigenvalue weighted by Crippen LogP contribution is 2.69. The van der Waals surface area contributed by atoms with Crippen LogP contribution < -0.4 is 0 Å². The molecule has 0 aromatic carbocycles. The summed E-state index contributed by atoms with van der Waals surface area (Å²) in [5, 5.41) is 12.7. The number of fused-ring (bicyclic) bond motifs is 5. The molecule has 222 valence electrons. The Balaban J connectivity index is 1.72. The summed E-state index contributed by atoms with van der Waals surface area (Å²) in [5.41, 5.74) is -2.13. The van der Waals surface area contributed by atoms with E-state index in [9.17, 15) is 24.3 Å². The van der Waals surface area contributed by atoms with E-state index < -0.39 is 64.2 Å². The molecule has 7 unspecified atom stereocenters. The second kappa shape index (κ2) is 9.68. The van der Waals surface area contributed by atoms with Gasteiger partial charge in [-0.3, -0.25) is 14.4 Å². The van der Waals surface area contributed by atoms with E-state index in [2.05, 4.69) is 6.92 Å². The molecular weight excluding hydrogens is 528 g/mol. The molecule has 1 aromatic heterocycles. The van der Waals surface area contributed by atoms with Crippen molar-refractivity contribution in [2.75, 3.05) is 7.11 Å². The number of cyclic esters (lactones) is 1. The number of methoxy groups -OCH3 is 1. The number of ether oxygens (including phenoxy) is 3. The summed E-state index contributed by atoms with van der Waals surface area (Å²) in [6, 6.07) is 1.79. The van der Waals surface area contributed by atoms with Crippen LogP contribution in [-0.4, -0.2) is 47.6 Å². The van der Waals surface area contributed by atoms with Crippen molar-refractivity contribution in [3.63, 3.8) is 0 Å². The van der Waals surface area contributed by atoms with Gasteiger partial charge in [0, 0.05) is 22.0 Å². The standard InChI is InChI=1S/C32H40O9/c1-8-17(2)28(36)41-27-20-13-19-21(31(6,25(20)35)32(37,29(27,3)4)15-24(34)38-7)9-11-30(5)22(19)14-23(33)40-26(30)18-10-12-39-16-18/h8,10,12,16,20-21,26-27,37H,9,11,13-15H2,1-7H3. The first-order valence-corrected chi connectivity index (χ1v) is 14.3. The molecule has 1 saturated heterocycles. The quantitative estimate of drug-likeness (QED) is 0.231. The van der Waals surface area contributed by atoms with E-state index in [1.807, 2.05) is 0 Å². The molecule has 4 aliphatic rings. The van der Waals surface area contributed by atoms with Gasteiger partial charge in [0.15, 0.2) is 0 Å². The van der Waals surface area contributed by atoms with Crippen molar-refractivity contribution in [2.24, 2.45) is 28.1 Å². The number of furan rings is 1. The van der Waals surface area contributed by atoms with Crippen LogP contribution in [0.25, 0.3) is 0 Å². The molecule has 3 aliphatic carbocycles. The Morgan fingerprint density at radius 2 is 1.90 bits per heavy atom. The van der Waals surface area contributed by atoms with Gasteiger partial charge in [-0.15, -0.1) is 0 Å². The molecule has 1 aliphatic heterocycles. The molecule has 0 amide bonds. The molecule has 5 rings (SSSR count). The first-order valence-electron chi connectivity index (χ1n) is 14.3. The van der Waals surface area contributed by atoms with Crippen molar-refractivity contribution in [1.29, 1.82) is 0 Å². The number of allylic oxidation sites excluding steroid dienone is 2. The smallest absolute Gasteiger partial charge is 0.333 e. The number of Topliss-reactive ketones (excluding diaryl/α,β-unsaturated/α-hetero) is 1. The molecule has 2 heterocycles. The lowest BCUT2D eigenvalue weighted by molar-refractivity contribution is -0.254. The van der Waals surface area contributed by atoms with E-state index in [0.29, 0.717) is 24.8 Å². The summed E-state index contributed by atoms with van der Waals surface area (Å²) in [6.07, 6.45) is 4.22. The van der Waals surface area contributed by atoms with E-state index in [1.165, 1.54) is 7.11 Å². The SMILES string of the molecule is CC=C(C)C(=O)OC1C2CC3=C4CC(=O)OC(c5ccoc5)C4(C)CCC3C(C)(C2=O)C(O)(CC(=O)OC)C1(C)C. The Bertz CT molecular complexity index is 1350. The van der Waals surface area contributed by atoms with Crippen LogP contribution in [0.2, 0.25) is 0 Å². The van der Waals surface area contributed by atoms with Crippen LogP contribution in [0.15, 0.2) is 45.8 Å². The van der Waals surface area contributed by atoms with Gasteiger partial charge in [-0.05, 0) is 57.6 Å². The fraction of sp³-hybridized carbons (Fsp3) is 0.625. The van der Waals surface area contributed by atoms with Crippen LogP contribution >= 0.6 is 0 Å². The number of aliphatic hydroxyl groups is 1. The molecule has 3 fully saturated rings. The zero-order chi connectivity index (χ0) is 30.1. The number of hydrogen-bond donors (Lipinski definition) is 1. The van der Waals surface area contributed by atoms with E-state index in [1.54, 1.807) is 59.3 Å². The van der Waals surface area contributed by atoms with E-state index in [-0.39, 0.29) is 18.2 Å². The van der Waals surface area contributed by atoms with Crippen LogP contribution in [0.3, 0.4) is 0 Å². The van der Waals surface area contributed by atoms with Gasteiger partial charge in [0.25, 0.3) is 0 Å². The number of carbonyl (C=O) groups is 4. The molecule has 2 bridgehead atoms. The third-order valence-electron chi connectivity index (χ3n) is 11.0. The maximum Gasteiger partial charge on any atom is 0.333 e. The van der Waals surface area contributed by atoms with E-state index in [4.69, 9.17) is 18.6 Å². The number of carbonyl (C=O) groups excluding carboxylic acids is 4. The van der Waals surface area contributed by atoms with Crippen molar-refractivity contribution in [1.82, 2.24) is 0 Å². The molecule has 1 N–H and O–H groups in total. The predicted octanol–water partition coefficient (Wildman–Crippen LogP) is 4.79. The van der Waals surface area contributed by atoms with Gasteiger partial charge >= 0.3 is 17.9 Å². The van der Waals surface area contributed by atoms with Crippen molar-refractivity contribution in [2.45, 2.75) is 91.5 Å². The van der Waals surface area contributed by atoms with Gasteiger partial charge in [0.2, 0.25) is 0 Å². The van der Waals surface area contributed by atoms with Gasteiger partial charge in [-0.1, -0.05) is 32.4 Å². The van der Waals surface area contributed by atoms with Crippen LogP contribution in [0.4, 0.5) is 0 Å². The average Bonchev–Trinajstić information content (AvgIpc) is 3.46. The van der Waals surface area contributed by atoms with Crippen LogP contribution in [-0.2, 0) is 33.4 Å². The van der Waals surface area contributed by atoms with Gasteiger partial charge in [0.05, 0.1) is 49.4 Å². The third kappa shape index (κ3) is 3.91. The maximum absolute atomic E-state index is 14.5. The molecule has 0 spiro atoms. The summed E-state index contributed by atoms with van der Waals surface area (Å²) in [5.74, 6) is -3.05. The van der Waals surface area contributed by atoms with Gasteiger partial charge in [-0.25, -0.2) is 4.79 Å². The molecule has 9 heteroatoms. The minimum absolute atomic E-state index is 0.0641. The van der Waals surface area contributed by atoms with Crippen LogP contribution in [0.5, 0.6) is 0 Å². The van der Waals surface area contributed by atoms with E-state index in [0.717, 1.165) is 16.7 Å². The molecule has 9 nitrogen and oxygen atoms in total. The Hall–Kier alpha value is -3.20. The summed E-state index contributed by atoms with van der Waals surface area (Å²) in [6.45, 7) is 10.7. The Labute approximate surface area is 240 Å². The van der Waals surface area contributed by atoms with Crippen molar-refractivity contribution >= 4 is 23.7 Å². The minimum Gasteiger partial charge on any atom is -0.472 e. The maximum atomic E-state index is 14.5. The third-order valence-corrected chi connectivity index (χ3v) is 11.0. The fourth-order valence-corrected chi connectivity index (χ4v) is 8.44. The minimum atomic E-state index is -1.92. The first kappa shape index (κ1) is 29.3. The summed E-state index contributed by atoms with van der Waals surface area (Å²) in [4.78, 5) is 53.4. The van der Waals surface area contributed by atoms with E-state index >= 15 is 0 Å². The first-order chi connectivity index (χ1) is 19.2. The Morgan fingerprint density at radius 1 is 1.20 bits per heavy atom. The molecule has 1 aromatic rings. The Morgan fingerprint density at radius 3 is 2.51 bits per heavy atom. The predicted molar refractivity (Wildman–Crippen MR) is 146 cm³/mol. The van der Waals surface area contributed by atoms with Gasteiger partial charge < -0.3 is 23.7 Å². The highest BCUT2D eigenvalue weighted by molar-refractivity contribution is 5.95. The van der Waals surface area contributed by atoms with Gasteiger partial charge in [-0.2, -0.15) is 0 Å². The average molecular weight is 569 g/mol. The second-order valence-electron chi connectivity index (χ2n) is 13.1. The van der Waals surface area contributed by atoms with Gasteiger partial charge in [0.1, 0.15) is 18.0 Å². The van der Waals surface area contributed by atoms with Crippen LogP contribution in [0.1, 0.15) is 85.3 Å². The molecule has 7 atom stereocenters.